The molecule has 1 aromatic heterocycles. The summed E-state index contributed by atoms with van der Waals surface area (Å²) in [5.41, 5.74) is 1.42. The molecule has 2 aromatic rings. The van der Waals surface area contributed by atoms with Crippen molar-refractivity contribution in [2.75, 3.05) is 26.2 Å². The number of benzene rings is 1. The van der Waals surface area contributed by atoms with Crippen molar-refractivity contribution in [3.8, 4) is 0 Å². The minimum atomic E-state index is -0.177. The number of imidazole rings is 1. The molecule has 27 heavy (non-hydrogen) atoms. The van der Waals surface area contributed by atoms with Gasteiger partial charge in [0.25, 0.3) is 0 Å². The first-order valence-electron chi connectivity index (χ1n) is 9.77. The Hall–Kier alpha value is -2.57. The lowest BCUT2D eigenvalue weighted by Gasteiger charge is -2.33. The highest BCUT2D eigenvalue weighted by atomic mass is 16.2. The number of aryl methyl sites for hydroxylation is 1. The van der Waals surface area contributed by atoms with Crippen LogP contribution in [-0.4, -0.2) is 56.9 Å². The molecule has 2 fully saturated rings. The maximum Gasteiger partial charge on any atom is 0.329 e. The van der Waals surface area contributed by atoms with E-state index in [1.807, 2.05) is 29.2 Å². The number of carbonyl (C=O) groups is 2. The Morgan fingerprint density at radius 3 is 2.26 bits per heavy atom. The van der Waals surface area contributed by atoms with E-state index in [9.17, 15) is 14.4 Å². The molecule has 7 heteroatoms. The zero-order chi connectivity index (χ0) is 19.0. The fourth-order valence-corrected chi connectivity index (χ4v) is 4.32. The topological polar surface area (TPSA) is 67.5 Å². The van der Waals surface area contributed by atoms with E-state index in [0.29, 0.717) is 25.9 Å². The van der Waals surface area contributed by atoms with Gasteiger partial charge in [0.1, 0.15) is 6.54 Å². The van der Waals surface area contributed by atoms with Gasteiger partial charge in [-0.15, -0.1) is 0 Å². The third-order valence-corrected chi connectivity index (χ3v) is 5.96. The summed E-state index contributed by atoms with van der Waals surface area (Å²) < 4.78 is 3.11. The summed E-state index contributed by atoms with van der Waals surface area (Å²) in [5, 5.41) is 0. The van der Waals surface area contributed by atoms with Gasteiger partial charge in [-0.1, -0.05) is 12.1 Å². The second kappa shape index (κ2) is 7.21. The van der Waals surface area contributed by atoms with Crippen molar-refractivity contribution in [1.29, 1.82) is 0 Å². The van der Waals surface area contributed by atoms with Crippen LogP contribution in [0.1, 0.15) is 25.7 Å². The van der Waals surface area contributed by atoms with Gasteiger partial charge in [-0.3, -0.25) is 18.7 Å². The number of fused-ring (bicyclic) bond motifs is 1. The molecule has 2 saturated heterocycles. The van der Waals surface area contributed by atoms with Gasteiger partial charge in [0.2, 0.25) is 11.8 Å². The number of likely N-dealkylation sites (tertiary alicyclic amines) is 2. The third kappa shape index (κ3) is 3.26. The average molecular weight is 370 g/mol. The molecule has 0 N–H and O–H groups in total. The van der Waals surface area contributed by atoms with E-state index in [2.05, 4.69) is 0 Å². The van der Waals surface area contributed by atoms with Crippen molar-refractivity contribution in [2.45, 2.75) is 32.2 Å². The molecule has 144 valence electrons. The van der Waals surface area contributed by atoms with Crippen LogP contribution in [0.15, 0.2) is 29.1 Å². The van der Waals surface area contributed by atoms with Crippen LogP contribution in [0.5, 0.6) is 0 Å². The predicted molar refractivity (Wildman–Crippen MR) is 102 cm³/mol. The Bertz CT molecular complexity index is 915. The molecule has 3 heterocycles. The van der Waals surface area contributed by atoms with Crippen LogP contribution in [0.2, 0.25) is 0 Å². The van der Waals surface area contributed by atoms with Gasteiger partial charge in [0.15, 0.2) is 0 Å². The Morgan fingerprint density at radius 2 is 1.59 bits per heavy atom. The summed E-state index contributed by atoms with van der Waals surface area (Å²) in [7, 11) is 1.72. The molecular formula is C20H26N4O3. The lowest BCUT2D eigenvalue weighted by Crippen LogP contribution is -2.45. The van der Waals surface area contributed by atoms with Crippen LogP contribution in [0.4, 0.5) is 0 Å². The quantitative estimate of drug-likeness (QED) is 0.815. The SMILES string of the molecule is Cn1c(=O)n(CC(=O)N2CCC(C(=O)N3CCCC3)CC2)c2ccccc21. The lowest BCUT2D eigenvalue weighted by atomic mass is 9.95. The van der Waals surface area contributed by atoms with Crippen molar-refractivity contribution >= 4 is 22.8 Å². The molecule has 1 aromatic carbocycles. The number of carbonyl (C=O) groups excluding carboxylic acids is 2. The Labute approximate surface area is 158 Å². The van der Waals surface area contributed by atoms with E-state index in [1.165, 1.54) is 0 Å². The number of hydrogen-bond acceptors (Lipinski definition) is 3. The van der Waals surface area contributed by atoms with Gasteiger partial charge in [-0.25, -0.2) is 4.79 Å². The van der Waals surface area contributed by atoms with E-state index in [-0.39, 0.29) is 30.0 Å². The summed E-state index contributed by atoms with van der Waals surface area (Å²) in [5.74, 6) is 0.234. The van der Waals surface area contributed by atoms with E-state index in [4.69, 9.17) is 0 Å². The average Bonchev–Trinajstić information content (AvgIpc) is 3.32. The van der Waals surface area contributed by atoms with Crippen molar-refractivity contribution < 1.29 is 9.59 Å². The lowest BCUT2D eigenvalue weighted by molar-refractivity contribution is -0.140. The minimum Gasteiger partial charge on any atom is -0.342 e. The zero-order valence-corrected chi connectivity index (χ0v) is 15.8. The number of aromatic nitrogens is 2. The van der Waals surface area contributed by atoms with Gasteiger partial charge < -0.3 is 9.80 Å². The number of hydrogen-bond donors (Lipinski definition) is 0. The van der Waals surface area contributed by atoms with E-state index in [0.717, 1.165) is 37.0 Å². The zero-order valence-electron chi connectivity index (χ0n) is 15.8. The van der Waals surface area contributed by atoms with Crippen LogP contribution in [-0.2, 0) is 23.2 Å². The maximum absolute atomic E-state index is 12.8. The van der Waals surface area contributed by atoms with E-state index < -0.39 is 0 Å². The highest BCUT2D eigenvalue weighted by Crippen LogP contribution is 2.22. The van der Waals surface area contributed by atoms with Crippen LogP contribution >= 0.6 is 0 Å². The molecule has 0 radical (unpaired) electrons. The number of amides is 2. The summed E-state index contributed by atoms with van der Waals surface area (Å²) in [4.78, 5) is 41.6. The third-order valence-electron chi connectivity index (χ3n) is 5.96. The van der Waals surface area contributed by atoms with Gasteiger partial charge in [0.05, 0.1) is 11.0 Å². The minimum absolute atomic E-state index is 0.0347. The first kappa shape index (κ1) is 17.8. The first-order valence-corrected chi connectivity index (χ1v) is 9.77. The van der Waals surface area contributed by atoms with Crippen molar-refractivity contribution in [1.82, 2.24) is 18.9 Å². The van der Waals surface area contributed by atoms with Crippen LogP contribution < -0.4 is 5.69 Å². The molecule has 0 bridgehead atoms. The molecule has 0 spiro atoms. The molecule has 7 nitrogen and oxygen atoms in total. The molecule has 2 aliphatic rings. The van der Waals surface area contributed by atoms with Crippen LogP contribution in [0.25, 0.3) is 11.0 Å². The molecule has 2 aliphatic heterocycles. The number of nitrogens with zero attached hydrogens (tertiary/aromatic N) is 4. The Morgan fingerprint density at radius 1 is 0.963 bits per heavy atom. The normalized spacial score (nSPS) is 18.4. The summed E-state index contributed by atoms with van der Waals surface area (Å²) in [6.45, 7) is 2.97. The van der Waals surface area contributed by atoms with Gasteiger partial charge in [-0.2, -0.15) is 0 Å². The number of para-hydroxylation sites is 2. The Kier molecular flexibility index (Phi) is 4.76. The summed E-state index contributed by atoms with van der Waals surface area (Å²) >= 11 is 0. The number of rotatable bonds is 3. The standard InChI is InChI=1S/C20H26N4O3/c1-21-16-6-2-3-7-17(16)24(20(21)27)14-18(25)22-12-8-15(9-13-22)19(26)23-10-4-5-11-23/h2-3,6-7,15H,4-5,8-14H2,1H3. The van der Waals surface area contributed by atoms with Gasteiger partial charge in [0, 0.05) is 39.1 Å². The molecule has 0 atom stereocenters. The molecule has 0 saturated carbocycles. The molecular weight excluding hydrogens is 344 g/mol. The van der Waals surface area contributed by atoms with E-state index in [1.54, 1.807) is 21.1 Å². The largest absolute Gasteiger partial charge is 0.342 e. The molecule has 4 rings (SSSR count). The summed E-state index contributed by atoms with van der Waals surface area (Å²) in [6.07, 6.45) is 3.63. The van der Waals surface area contributed by atoms with Crippen molar-refractivity contribution in [3.63, 3.8) is 0 Å². The van der Waals surface area contributed by atoms with Gasteiger partial charge in [-0.05, 0) is 37.8 Å². The molecule has 2 amide bonds. The molecule has 0 aliphatic carbocycles. The van der Waals surface area contributed by atoms with Crippen LogP contribution in [0.3, 0.4) is 0 Å². The monoisotopic (exact) mass is 370 g/mol. The maximum atomic E-state index is 12.8. The highest BCUT2D eigenvalue weighted by Gasteiger charge is 2.31. The number of piperidine rings is 1. The fourth-order valence-electron chi connectivity index (χ4n) is 4.32. The van der Waals surface area contributed by atoms with Gasteiger partial charge >= 0.3 is 5.69 Å². The van der Waals surface area contributed by atoms with E-state index >= 15 is 0 Å². The highest BCUT2D eigenvalue weighted by molar-refractivity contribution is 5.82. The second-order valence-corrected chi connectivity index (χ2v) is 7.60. The van der Waals surface area contributed by atoms with Crippen LogP contribution in [0, 0.1) is 5.92 Å². The fraction of sp³-hybridized carbons (Fsp3) is 0.550. The van der Waals surface area contributed by atoms with Crippen molar-refractivity contribution in [2.24, 2.45) is 13.0 Å². The van der Waals surface area contributed by atoms with Crippen molar-refractivity contribution in [3.05, 3.63) is 34.7 Å². The first-order chi connectivity index (χ1) is 13.1. The predicted octanol–water partition coefficient (Wildman–Crippen LogP) is 1.20. The second-order valence-electron chi connectivity index (χ2n) is 7.60. The Balaban J connectivity index is 1.41. The summed E-state index contributed by atoms with van der Waals surface area (Å²) in [6, 6.07) is 7.51. The molecule has 0 unspecified atom stereocenters. The smallest absolute Gasteiger partial charge is 0.329 e.